The summed E-state index contributed by atoms with van der Waals surface area (Å²) in [7, 11) is 0. The minimum atomic E-state index is -1.42. The first kappa shape index (κ1) is 14.7. The first-order valence-corrected chi connectivity index (χ1v) is 6.25. The van der Waals surface area contributed by atoms with Gasteiger partial charge in [-0.2, -0.15) is 0 Å². The summed E-state index contributed by atoms with van der Waals surface area (Å²) in [6, 6.07) is 7.06. The fraction of sp³-hybridized carbons (Fsp3) is 0.286. The number of aromatic carboxylic acids is 1. The van der Waals surface area contributed by atoms with Gasteiger partial charge < -0.3 is 10.2 Å². The third kappa shape index (κ3) is 2.49. The van der Waals surface area contributed by atoms with Gasteiger partial charge in [-0.3, -0.25) is 0 Å². The molecule has 0 bridgehead atoms. The quantitative estimate of drug-likeness (QED) is 0.888. The molecule has 110 valence electrons. The summed E-state index contributed by atoms with van der Waals surface area (Å²) in [4.78, 5) is 22.7. The van der Waals surface area contributed by atoms with Crippen molar-refractivity contribution in [2.75, 3.05) is 0 Å². The molecule has 0 atom stereocenters. The van der Waals surface area contributed by atoms with E-state index in [9.17, 15) is 19.8 Å². The van der Waals surface area contributed by atoms with Crippen LogP contribution in [0.4, 0.5) is 0 Å². The summed E-state index contributed by atoms with van der Waals surface area (Å²) in [5, 5.41) is 25.9. The van der Waals surface area contributed by atoms with Crippen LogP contribution in [0.2, 0.25) is 0 Å². The molecule has 0 radical (unpaired) electrons. The van der Waals surface area contributed by atoms with E-state index in [0.29, 0.717) is 5.56 Å². The van der Waals surface area contributed by atoms with Gasteiger partial charge in [-0.05, 0) is 20.8 Å². The van der Waals surface area contributed by atoms with Crippen LogP contribution in [0.5, 0.6) is 0 Å². The fourth-order valence-corrected chi connectivity index (χ4v) is 1.88. The number of aryl methyl sites for hydroxylation is 1. The zero-order valence-corrected chi connectivity index (χ0v) is 11.9. The van der Waals surface area contributed by atoms with Gasteiger partial charge in [0.05, 0.1) is 0 Å². The molecule has 0 aliphatic carbocycles. The molecule has 2 rings (SSSR count). The van der Waals surface area contributed by atoms with Gasteiger partial charge in [0, 0.05) is 5.56 Å². The number of nitrogens with zero attached hydrogens (tertiary/aromatic N) is 3. The summed E-state index contributed by atoms with van der Waals surface area (Å²) in [6.07, 6.45) is 0. The van der Waals surface area contributed by atoms with E-state index in [1.807, 2.05) is 19.1 Å². The van der Waals surface area contributed by atoms with E-state index in [4.69, 9.17) is 0 Å². The Morgan fingerprint density at radius 3 is 2.19 bits per heavy atom. The van der Waals surface area contributed by atoms with Crippen molar-refractivity contribution in [3.63, 3.8) is 0 Å². The summed E-state index contributed by atoms with van der Waals surface area (Å²) in [6.45, 7) is 4.78. The largest absolute Gasteiger partial charge is 0.479 e. The maximum Gasteiger partial charge on any atom is 0.358 e. The highest BCUT2D eigenvalue weighted by Gasteiger charge is 2.35. The van der Waals surface area contributed by atoms with Crippen molar-refractivity contribution in [1.29, 1.82) is 0 Å². The molecule has 1 aromatic carbocycles. The Morgan fingerprint density at radius 2 is 1.71 bits per heavy atom. The van der Waals surface area contributed by atoms with Gasteiger partial charge in [-0.15, -0.1) is 5.10 Å². The molecule has 7 heteroatoms. The van der Waals surface area contributed by atoms with Crippen LogP contribution >= 0.6 is 0 Å². The molecule has 2 aromatic rings. The average Bonchev–Trinajstić information content (AvgIpc) is 2.84. The lowest BCUT2D eigenvalue weighted by molar-refractivity contribution is -0.146. The van der Waals surface area contributed by atoms with E-state index in [1.165, 1.54) is 13.8 Å². The van der Waals surface area contributed by atoms with Crippen LogP contribution < -0.4 is 0 Å². The number of benzene rings is 1. The fourth-order valence-electron chi connectivity index (χ4n) is 1.88. The van der Waals surface area contributed by atoms with Crippen molar-refractivity contribution in [1.82, 2.24) is 15.0 Å². The Balaban J connectivity index is 2.72. The SMILES string of the molecule is Cc1ccc(-c2c(C(=O)O)nnn2C(C)(C)C(=O)O)cc1. The van der Waals surface area contributed by atoms with E-state index in [-0.39, 0.29) is 11.4 Å². The molecule has 0 aliphatic heterocycles. The number of aliphatic carboxylic acids is 1. The molecule has 0 saturated carbocycles. The number of carboxylic acid groups (broad SMARTS) is 2. The number of carbonyl (C=O) groups is 2. The Morgan fingerprint density at radius 1 is 1.14 bits per heavy atom. The van der Waals surface area contributed by atoms with Crippen molar-refractivity contribution in [3.8, 4) is 11.3 Å². The minimum Gasteiger partial charge on any atom is -0.479 e. The lowest BCUT2D eigenvalue weighted by Gasteiger charge is -2.21. The van der Waals surface area contributed by atoms with Gasteiger partial charge in [0.2, 0.25) is 0 Å². The van der Waals surface area contributed by atoms with Gasteiger partial charge in [-0.25, -0.2) is 14.3 Å². The molecule has 1 heterocycles. The standard InChI is InChI=1S/C14H15N3O4/c1-8-4-6-9(7-5-8)11-10(12(18)19)15-16-17(11)14(2,3)13(20)21/h4-7H,1-3H3,(H,18,19)(H,20,21). The van der Waals surface area contributed by atoms with Crippen LogP contribution in [0.25, 0.3) is 11.3 Å². The molecule has 7 nitrogen and oxygen atoms in total. The van der Waals surface area contributed by atoms with Crippen LogP contribution in [0.1, 0.15) is 29.9 Å². The van der Waals surface area contributed by atoms with Crippen molar-refractivity contribution in [3.05, 3.63) is 35.5 Å². The van der Waals surface area contributed by atoms with Crippen LogP contribution in [0, 0.1) is 6.92 Å². The van der Waals surface area contributed by atoms with Crippen molar-refractivity contribution in [2.45, 2.75) is 26.3 Å². The highest BCUT2D eigenvalue weighted by atomic mass is 16.4. The maximum atomic E-state index is 11.4. The monoisotopic (exact) mass is 289 g/mol. The summed E-state index contributed by atoms with van der Waals surface area (Å²) >= 11 is 0. The molecule has 2 N–H and O–H groups in total. The molecule has 0 unspecified atom stereocenters. The molecule has 0 amide bonds. The number of hydrogen-bond acceptors (Lipinski definition) is 4. The molecular weight excluding hydrogens is 274 g/mol. The van der Waals surface area contributed by atoms with E-state index >= 15 is 0 Å². The molecule has 1 aromatic heterocycles. The topological polar surface area (TPSA) is 105 Å². The predicted molar refractivity (Wildman–Crippen MR) is 74.1 cm³/mol. The van der Waals surface area contributed by atoms with Crippen LogP contribution in [-0.2, 0) is 10.3 Å². The average molecular weight is 289 g/mol. The highest BCUT2D eigenvalue weighted by molar-refractivity contribution is 5.93. The Labute approximate surface area is 120 Å². The van der Waals surface area contributed by atoms with Gasteiger partial charge in [0.1, 0.15) is 5.69 Å². The first-order valence-electron chi connectivity index (χ1n) is 6.25. The van der Waals surface area contributed by atoms with E-state index in [2.05, 4.69) is 10.3 Å². The zero-order valence-electron chi connectivity index (χ0n) is 11.9. The van der Waals surface area contributed by atoms with E-state index in [0.717, 1.165) is 10.2 Å². The molecule has 21 heavy (non-hydrogen) atoms. The Kier molecular flexibility index (Phi) is 3.51. The molecule has 0 spiro atoms. The second-order valence-corrected chi connectivity index (χ2v) is 5.23. The normalized spacial score (nSPS) is 11.4. The third-order valence-corrected chi connectivity index (χ3v) is 3.25. The predicted octanol–water partition coefficient (Wildman–Crippen LogP) is 1.77. The maximum absolute atomic E-state index is 11.4. The second-order valence-electron chi connectivity index (χ2n) is 5.23. The van der Waals surface area contributed by atoms with E-state index < -0.39 is 17.5 Å². The van der Waals surface area contributed by atoms with Crippen LogP contribution in [-0.4, -0.2) is 37.1 Å². The van der Waals surface area contributed by atoms with Gasteiger partial charge in [-0.1, -0.05) is 35.0 Å². The molecule has 0 fully saturated rings. The van der Waals surface area contributed by atoms with Gasteiger partial charge >= 0.3 is 11.9 Å². The second kappa shape index (κ2) is 5.01. The van der Waals surface area contributed by atoms with Crippen LogP contribution in [0.15, 0.2) is 24.3 Å². The zero-order chi connectivity index (χ0) is 15.8. The number of carboxylic acids is 2. The number of rotatable bonds is 4. The lowest BCUT2D eigenvalue weighted by atomic mass is 10.0. The van der Waals surface area contributed by atoms with E-state index in [1.54, 1.807) is 12.1 Å². The Hall–Kier alpha value is -2.70. The smallest absolute Gasteiger partial charge is 0.358 e. The number of aromatic nitrogens is 3. The Bertz CT molecular complexity index is 702. The highest BCUT2D eigenvalue weighted by Crippen LogP contribution is 2.28. The third-order valence-electron chi connectivity index (χ3n) is 3.25. The molecular formula is C14H15N3O4. The molecule has 0 saturated heterocycles. The number of hydrogen-bond donors (Lipinski definition) is 2. The minimum absolute atomic E-state index is 0.176. The molecule has 0 aliphatic rings. The van der Waals surface area contributed by atoms with Crippen molar-refractivity contribution in [2.24, 2.45) is 0 Å². The summed E-state index contributed by atoms with van der Waals surface area (Å²) < 4.78 is 1.13. The van der Waals surface area contributed by atoms with Crippen molar-refractivity contribution < 1.29 is 19.8 Å². The van der Waals surface area contributed by atoms with Crippen LogP contribution in [0.3, 0.4) is 0 Å². The lowest BCUT2D eigenvalue weighted by Crippen LogP contribution is -2.37. The summed E-state index contributed by atoms with van der Waals surface area (Å²) in [5.41, 5.74) is 0.0496. The first-order chi connectivity index (χ1) is 9.75. The van der Waals surface area contributed by atoms with Gasteiger partial charge in [0.15, 0.2) is 11.2 Å². The summed E-state index contributed by atoms with van der Waals surface area (Å²) in [5.74, 6) is -2.38. The van der Waals surface area contributed by atoms with Gasteiger partial charge in [0.25, 0.3) is 0 Å². The van der Waals surface area contributed by atoms with Crippen molar-refractivity contribution >= 4 is 11.9 Å².